The fourth-order valence-corrected chi connectivity index (χ4v) is 5.12. The van der Waals surface area contributed by atoms with Crippen LogP contribution < -0.4 is 10.1 Å². The fraction of sp³-hybridized carbons (Fsp3) is 0.639. The predicted octanol–water partition coefficient (Wildman–Crippen LogP) is 5.80. The molecule has 1 amide bonds. The number of aliphatic carboxylic acids is 2. The Hall–Kier alpha value is -3.73. The van der Waals surface area contributed by atoms with E-state index in [1.807, 2.05) is 0 Å². The third-order valence-electron chi connectivity index (χ3n) is 7.98. The lowest BCUT2D eigenvalue weighted by atomic mass is 9.82. The van der Waals surface area contributed by atoms with Crippen LogP contribution in [0, 0.1) is 5.92 Å². The van der Waals surface area contributed by atoms with Gasteiger partial charge < -0.3 is 30.1 Å². The molecule has 0 aromatic heterocycles. The number of nitrogens with one attached hydrogen (secondary N) is 1. The van der Waals surface area contributed by atoms with Crippen LogP contribution in [-0.2, 0) is 35.1 Å². The van der Waals surface area contributed by atoms with Crippen LogP contribution in [0.3, 0.4) is 0 Å². The molecule has 1 aromatic rings. The summed E-state index contributed by atoms with van der Waals surface area (Å²) in [6.07, 6.45) is 13.6. The minimum atomic E-state index is -2.97. The number of unbranched alkanes of at least 4 members (excludes halogenated alkanes) is 9. The highest BCUT2D eigenvalue weighted by atomic mass is 16.5. The Morgan fingerprint density at radius 2 is 1.45 bits per heavy atom. The number of rotatable bonds is 27. The van der Waals surface area contributed by atoms with E-state index in [1.165, 1.54) is 25.0 Å². The van der Waals surface area contributed by atoms with Gasteiger partial charge in [0.15, 0.2) is 5.60 Å². The summed E-state index contributed by atoms with van der Waals surface area (Å²) in [5, 5.41) is 32.6. The maximum Gasteiger partial charge on any atom is 0.337 e. The SMILES string of the molecule is CCCCCCCC(=O)CCCCCCC=C[C@H](C(=O)N[C@@H](Cc1ccc(OCCCC)cc1)C(=O)OC)[C@@](O)(CC(=O)O)C(=O)O. The monoisotopic (exact) mass is 661 g/mol. The highest BCUT2D eigenvalue weighted by Crippen LogP contribution is 2.26. The Morgan fingerprint density at radius 1 is 0.851 bits per heavy atom. The van der Waals surface area contributed by atoms with Crippen molar-refractivity contribution in [1.29, 1.82) is 0 Å². The van der Waals surface area contributed by atoms with Crippen LogP contribution in [0.15, 0.2) is 36.4 Å². The summed E-state index contributed by atoms with van der Waals surface area (Å²) in [6, 6.07) is 5.68. The molecular formula is C36H55NO10. The molecule has 4 N–H and O–H groups in total. The minimum absolute atomic E-state index is 0.00409. The summed E-state index contributed by atoms with van der Waals surface area (Å²) < 4.78 is 10.5. The van der Waals surface area contributed by atoms with E-state index in [-0.39, 0.29) is 12.2 Å². The van der Waals surface area contributed by atoms with Gasteiger partial charge in [-0.25, -0.2) is 9.59 Å². The molecule has 0 heterocycles. The Labute approximate surface area is 279 Å². The molecule has 0 unspecified atom stereocenters. The van der Waals surface area contributed by atoms with E-state index in [2.05, 4.69) is 19.2 Å². The number of ether oxygens (including phenoxy) is 2. The van der Waals surface area contributed by atoms with Crippen molar-refractivity contribution >= 4 is 29.6 Å². The molecule has 0 spiro atoms. The average molecular weight is 662 g/mol. The van der Waals surface area contributed by atoms with E-state index in [0.29, 0.717) is 43.6 Å². The molecule has 0 bridgehead atoms. The number of hydrogen-bond donors (Lipinski definition) is 4. The number of Topliss-reactive ketones (excluding diaryl/α,β-unsaturated/α-hetero) is 1. The van der Waals surface area contributed by atoms with Crippen molar-refractivity contribution in [2.45, 2.75) is 128 Å². The van der Waals surface area contributed by atoms with Gasteiger partial charge in [0.2, 0.25) is 5.91 Å². The molecule has 0 aliphatic rings. The van der Waals surface area contributed by atoms with E-state index >= 15 is 0 Å². The van der Waals surface area contributed by atoms with Crippen molar-refractivity contribution in [1.82, 2.24) is 5.32 Å². The molecular weight excluding hydrogens is 606 g/mol. The van der Waals surface area contributed by atoms with Crippen molar-refractivity contribution in [3.8, 4) is 5.75 Å². The smallest absolute Gasteiger partial charge is 0.337 e. The Kier molecular flexibility index (Phi) is 20.7. The van der Waals surface area contributed by atoms with Crippen LogP contribution in [0.25, 0.3) is 0 Å². The lowest BCUT2D eigenvalue weighted by molar-refractivity contribution is -0.172. The second-order valence-electron chi connectivity index (χ2n) is 12.0. The number of carbonyl (C=O) groups is 5. The number of ketones is 1. The largest absolute Gasteiger partial charge is 0.494 e. The van der Waals surface area contributed by atoms with Crippen LogP contribution in [0.5, 0.6) is 5.75 Å². The van der Waals surface area contributed by atoms with Gasteiger partial charge in [-0.2, -0.15) is 0 Å². The highest BCUT2D eigenvalue weighted by molar-refractivity contribution is 5.94. The van der Waals surface area contributed by atoms with E-state index in [0.717, 1.165) is 58.5 Å². The summed E-state index contributed by atoms with van der Waals surface area (Å²) in [4.78, 5) is 61.8. The molecule has 0 saturated carbocycles. The quantitative estimate of drug-likeness (QED) is 0.0512. The topological polar surface area (TPSA) is 177 Å². The molecule has 3 atom stereocenters. The van der Waals surface area contributed by atoms with Gasteiger partial charge in [0.05, 0.1) is 26.1 Å². The van der Waals surface area contributed by atoms with E-state index < -0.39 is 47.8 Å². The highest BCUT2D eigenvalue weighted by Gasteiger charge is 2.49. The minimum Gasteiger partial charge on any atom is -0.494 e. The number of carboxylic acids is 2. The third-order valence-corrected chi connectivity index (χ3v) is 7.98. The Balaban J connectivity index is 2.87. The number of allylic oxidation sites excluding steroid dienone is 1. The number of carbonyl (C=O) groups excluding carboxylic acids is 3. The molecule has 0 fully saturated rings. The first-order valence-corrected chi connectivity index (χ1v) is 16.9. The normalized spacial score (nSPS) is 13.8. The van der Waals surface area contributed by atoms with E-state index in [1.54, 1.807) is 24.3 Å². The standard InChI is InChI=1S/C36H55NO10/c1-4-6-8-11-14-17-28(38)18-15-12-9-10-13-16-19-30(36(45,35(43)44)26-32(39)40)33(41)37-31(34(42)46-3)25-27-20-22-29(23-21-27)47-24-7-5-2/h16,19-23,30-31,45H,4-15,17-18,24-26H2,1-3H3,(H,37,41)(H,39,40)(H,43,44)/t30-,31+,36+/m1/s1. The molecule has 1 aromatic carbocycles. The molecule has 0 saturated heterocycles. The van der Waals surface area contributed by atoms with Crippen molar-refractivity contribution in [2.75, 3.05) is 13.7 Å². The first-order chi connectivity index (χ1) is 22.5. The zero-order valence-electron chi connectivity index (χ0n) is 28.3. The second-order valence-corrected chi connectivity index (χ2v) is 12.0. The maximum absolute atomic E-state index is 13.5. The lowest BCUT2D eigenvalue weighted by Crippen LogP contribution is -2.55. The molecule has 11 heteroatoms. The van der Waals surface area contributed by atoms with Crippen LogP contribution in [0.2, 0.25) is 0 Å². The van der Waals surface area contributed by atoms with Crippen molar-refractivity contribution in [2.24, 2.45) is 5.92 Å². The Morgan fingerprint density at radius 3 is 2.00 bits per heavy atom. The van der Waals surface area contributed by atoms with Gasteiger partial charge in [-0.3, -0.25) is 14.4 Å². The molecule has 47 heavy (non-hydrogen) atoms. The van der Waals surface area contributed by atoms with Gasteiger partial charge in [-0.05, 0) is 49.8 Å². The van der Waals surface area contributed by atoms with Crippen LogP contribution >= 0.6 is 0 Å². The average Bonchev–Trinajstić information content (AvgIpc) is 3.03. The van der Waals surface area contributed by atoms with Crippen LogP contribution in [-0.4, -0.2) is 70.3 Å². The summed E-state index contributed by atoms with van der Waals surface area (Å²) >= 11 is 0. The number of hydrogen-bond acceptors (Lipinski definition) is 8. The van der Waals surface area contributed by atoms with Gasteiger partial charge in [0.25, 0.3) is 0 Å². The van der Waals surface area contributed by atoms with Crippen molar-refractivity contribution in [3.05, 3.63) is 42.0 Å². The lowest BCUT2D eigenvalue weighted by Gasteiger charge is -2.29. The molecule has 0 aliphatic carbocycles. The summed E-state index contributed by atoms with van der Waals surface area (Å²) in [6.45, 7) is 4.77. The summed E-state index contributed by atoms with van der Waals surface area (Å²) in [7, 11) is 1.14. The number of aliphatic hydroxyl groups is 1. The first-order valence-electron chi connectivity index (χ1n) is 16.9. The molecule has 0 radical (unpaired) electrons. The molecule has 1 rings (SSSR count). The number of amides is 1. The number of benzene rings is 1. The number of carboxylic acid groups (broad SMARTS) is 2. The summed E-state index contributed by atoms with van der Waals surface area (Å²) in [5.41, 5.74) is -2.31. The summed E-state index contributed by atoms with van der Waals surface area (Å²) in [5.74, 6) is -6.21. The van der Waals surface area contributed by atoms with Gasteiger partial charge in [0, 0.05) is 19.3 Å². The first kappa shape index (κ1) is 41.3. The second kappa shape index (κ2) is 23.6. The van der Waals surface area contributed by atoms with Gasteiger partial charge in [-0.15, -0.1) is 0 Å². The number of methoxy groups -OCH3 is 1. The van der Waals surface area contributed by atoms with Gasteiger partial charge >= 0.3 is 17.9 Å². The van der Waals surface area contributed by atoms with Crippen molar-refractivity contribution < 1.29 is 48.8 Å². The third kappa shape index (κ3) is 16.6. The van der Waals surface area contributed by atoms with Gasteiger partial charge in [0.1, 0.15) is 17.6 Å². The van der Waals surface area contributed by atoms with E-state index in [9.17, 15) is 39.3 Å². The molecule has 264 valence electrons. The molecule has 11 nitrogen and oxygen atoms in total. The Bertz CT molecular complexity index is 1130. The maximum atomic E-state index is 13.5. The molecule has 0 aliphatic heterocycles. The zero-order chi connectivity index (χ0) is 35.1. The zero-order valence-corrected chi connectivity index (χ0v) is 28.3. The van der Waals surface area contributed by atoms with Crippen LogP contribution in [0.4, 0.5) is 0 Å². The van der Waals surface area contributed by atoms with E-state index in [4.69, 9.17) is 9.47 Å². The van der Waals surface area contributed by atoms with Gasteiger partial charge in [-0.1, -0.05) is 83.1 Å². The van der Waals surface area contributed by atoms with Crippen molar-refractivity contribution in [3.63, 3.8) is 0 Å². The fourth-order valence-electron chi connectivity index (χ4n) is 5.12. The number of esters is 1. The van der Waals surface area contributed by atoms with Crippen LogP contribution in [0.1, 0.15) is 116 Å². The predicted molar refractivity (Wildman–Crippen MR) is 178 cm³/mol.